The number of anilines is 2. The van der Waals surface area contributed by atoms with Crippen molar-refractivity contribution in [2.24, 2.45) is 5.92 Å². The topological polar surface area (TPSA) is 74.3 Å². The molecule has 2 heterocycles. The summed E-state index contributed by atoms with van der Waals surface area (Å²) in [6.45, 7) is 3.89. The second-order valence-corrected chi connectivity index (χ2v) is 11.2. The summed E-state index contributed by atoms with van der Waals surface area (Å²) in [6, 6.07) is 4.23. The minimum atomic E-state index is -2.72. The lowest BCUT2D eigenvalue weighted by Crippen LogP contribution is -2.56. The van der Waals surface area contributed by atoms with E-state index in [0.717, 1.165) is 41.9 Å². The molecule has 35 heavy (non-hydrogen) atoms. The molecule has 4 rings (SSSR count). The Morgan fingerprint density at radius 3 is 2.71 bits per heavy atom. The molecule has 2 N–H and O–H groups in total. The van der Waals surface area contributed by atoms with Crippen LogP contribution in [0.15, 0.2) is 24.4 Å². The van der Waals surface area contributed by atoms with Crippen molar-refractivity contribution < 1.29 is 18.4 Å². The third-order valence-corrected chi connectivity index (χ3v) is 8.43. The van der Waals surface area contributed by atoms with Gasteiger partial charge in [0.15, 0.2) is 0 Å². The highest BCUT2D eigenvalue weighted by atomic mass is 35.5. The monoisotopic (exact) mass is 524 g/mol. The molecule has 0 spiro atoms. The summed E-state index contributed by atoms with van der Waals surface area (Å²) in [5.41, 5.74) is 1.64. The number of alkyl halides is 2. The number of amides is 2. The average molecular weight is 525 g/mol. The van der Waals surface area contributed by atoms with Crippen LogP contribution in [-0.2, 0) is 9.59 Å². The quantitative estimate of drug-likeness (QED) is 0.368. The van der Waals surface area contributed by atoms with E-state index in [4.69, 9.17) is 11.6 Å². The number of carbonyl (C=O) groups is 2. The van der Waals surface area contributed by atoms with Crippen molar-refractivity contribution >= 4 is 45.9 Å². The van der Waals surface area contributed by atoms with E-state index in [0.29, 0.717) is 28.8 Å². The van der Waals surface area contributed by atoms with Crippen molar-refractivity contribution in [1.82, 2.24) is 10.3 Å². The molecule has 2 aromatic rings. The Balaban J connectivity index is 1.50. The van der Waals surface area contributed by atoms with E-state index in [9.17, 15) is 18.4 Å². The maximum atomic E-state index is 13.3. The number of pyridine rings is 1. The number of halogens is 3. The fraction of sp³-hybridized carbons (Fsp3) is 0.560. The van der Waals surface area contributed by atoms with Gasteiger partial charge in [-0.3, -0.25) is 19.5 Å². The highest BCUT2D eigenvalue weighted by molar-refractivity contribution is 7.16. The molecule has 2 aliphatic carbocycles. The van der Waals surface area contributed by atoms with Gasteiger partial charge >= 0.3 is 0 Å². The molecule has 6 nitrogen and oxygen atoms in total. The summed E-state index contributed by atoms with van der Waals surface area (Å²) in [4.78, 5) is 32.1. The molecular formula is C25H31ClF2N4O2S. The Hall–Kier alpha value is -2.26. The second kappa shape index (κ2) is 10.8. The molecule has 190 valence electrons. The predicted molar refractivity (Wildman–Crippen MR) is 135 cm³/mol. The van der Waals surface area contributed by atoms with Gasteiger partial charge in [0.2, 0.25) is 12.3 Å². The second-order valence-electron chi connectivity index (χ2n) is 9.71. The molecule has 0 aliphatic heterocycles. The Kier molecular flexibility index (Phi) is 7.96. The molecule has 2 fully saturated rings. The smallest absolute Gasteiger partial charge is 0.252 e. The van der Waals surface area contributed by atoms with Gasteiger partial charge < -0.3 is 10.6 Å². The molecule has 2 amide bonds. The molecule has 2 atom stereocenters. The normalized spacial score (nSPS) is 19.6. The van der Waals surface area contributed by atoms with Crippen molar-refractivity contribution in [3.63, 3.8) is 0 Å². The zero-order chi connectivity index (χ0) is 25.2. The number of aromatic nitrogens is 1. The van der Waals surface area contributed by atoms with Crippen LogP contribution >= 0.6 is 22.9 Å². The van der Waals surface area contributed by atoms with Crippen molar-refractivity contribution in [3.05, 3.63) is 40.0 Å². The van der Waals surface area contributed by atoms with Gasteiger partial charge in [-0.1, -0.05) is 37.3 Å². The zero-order valence-electron chi connectivity index (χ0n) is 19.9. The maximum Gasteiger partial charge on any atom is 0.252 e. The lowest BCUT2D eigenvalue weighted by atomic mass is 9.87. The standard InChI is InChI=1S/C25H31ClF2N4O2S/c1-15-20(10-18(26)13-29-15)30-16(2)22-7-8-23(35-22)32(14-33)21(9-17-5-3-4-6-17)24(34)31-19-11-25(27,28)12-19/h7-8,10,13-14,16-17,19,21,30H,3-6,9,11-12H2,1-2H3,(H,31,34)/t16-,21-/m0/s1. The maximum absolute atomic E-state index is 13.3. The number of hydrogen-bond acceptors (Lipinski definition) is 5. The Bertz CT molecular complexity index is 1050. The first-order valence-corrected chi connectivity index (χ1v) is 13.2. The summed E-state index contributed by atoms with van der Waals surface area (Å²) in [6.07, 6.45) is 6.37. The van der Waals surface area contributed by atoms with Gasteiger partial charge in [0.25, 0.3) is 5.92 Å². The molecule has 2 aliphatic rings. The third-order valence-electron chi connectivity index (χ3n) is 6.94. The fourth-order valence-electron chi connectivity index (χ4n) is 4.92. The van der Waals surface area contributed by atoms with Crippen LogP contribution in [0, 0.1) is 12.8 Å². The van der Waals surface area contributed by atoms with Crippen LogP contribution < -0.4 is 15.5 Å². The van der Waals surface area contributed by atoms with Gasteiger partial charge in [0.1, 0.15) is 6.04 Å². The minimum absolute atomic E-state index is 0.0828. The van der Waals surface area contributed by atoms with Crippen LogP contribution in [0.4, 0.5) is 19.5 Å². The summed E-state index contributed by atoms with van der Waals surface area (Å²) in [5.74, 6) is -2.73. The summed E-state index contributed by atoms with van der Waals surface area (Å²) >= 11 is 7.51. The summed E-state index contributed by atoms with van der Waals surface area (Å²) in [5, 5.41) is 7.35. The largest absolute Gasteiger partial charge is 0.376 e. The minimum Gasteiger partial charge on any atom is -0.376 e. The van der Waals surface area contributed by atoms with Crippen molar-refractivity contribution in [2.75, 3.05) is 10.2 Å². The van der Waals surface area contributed by atoms with Crippen molar-refractivity contribution in [2.45, 2.75) is 82.8 Å². The van der Waals surface area contributed by atoms with Gasteiger partial charge in [0.05, 0.1) is 27.4 Å². The summed E-state index contributed by atoms with van der Waals surface area (Å²) < 4.78 is 26.6. The molecule has 0 saturated heterocycles. The number of rotatable bonds is 10. The van der Waals surface area contributed by atoms with E-state index in [1.165, 1.54) is 16.2 Å². The molecule has 2 saturated carbocycles. The number of nitrogens with one attached hydrogen (secondary N) is 2. The number of thiophene rings is 1. The first-order valence-electron chi connectivity index (χ1n) is 12.1. The van der Waals surface area contributed by atoms with E-state index >= 15 is 0 Å². The molecule has 2 aromatic heterocycles. The van der Waals surface area contributed by atoms with Crippen LogP contribution in [-0.4, -0.2) is 35.3 Å². The molecule has 0 bridgehead atoms. The fourth-order valence-corrected chi connectivity index (χ4v) is 6.10. The SMILES string of the molecule is Cc1ncc(Cl)cc1N[C@@H](C)c1ccc(N(C=O)[C@@H](CC2CCCC2)C(=O)NC2CC(F)(F)C2)s1. The molecule has 0 aromatic carbocycles. The molecule has 0 unspecified atom stereocenters. The highest BCUT2D eigenvalue weighted by Crippen LogP contribution is 2.39. The lowest BCUT2D eigenvalue weighted by Gasteiger charge is -2.37. The van der Waals surface area contributed by atoms with Crippen LogP contribution in [0.25, 0.3) is 0 Å². The predicted octanol–water partition coefficient (Wildman–Crippen LogP) is 6.10. The molecule has 0 radical (unpaired) electrons. The van der Waals surface area contributed by atoms with Crippen LogP contribution in [0.2, 0.25) is 5.02 Å². The van der Waals surface area contributed by atoms with Crippen molar-refractivity contribution in [3.8, 4) is 0 Å². The van der Waals surface area contributed by atoms with E-state index in [-0.39, 0.29) is 24.8 Å². The Morgan fingerprint density at radius 1 is 1.34 bits per heavy atom. The van der Waals surface area contributed by atoms with Gasteiger partial charge in [0, 0.05) is 30.0 Å². The van der Waals surface area contributed by atoms with E-state index < -0.39 is 18.0 Å². The third kappa shape index (κ3) is 6.30. The lowest BCUT2D eigenvalue weighted by molar-refractivity contribution is -0.131. The number of aryl methyl sites for hydroxylation is 1. The van der Waals surface area contributed by atoms with Crippen molar-refractivity contribution in [1.29, 1.82) is 0 Å². The zero-order valence-corrected chi connectivity index (χ0v) is 21.5. The number of nitrogens with zero attached hydrogens (tertiary/aromatic N) is 2. The molecule has 10 heteroatoms. The highest BCUT2D eigenvalue weighted by Gasteiger charge is 2.46. The first-order chi connectivity index (χ1) is 16.6. The number of carbonyl (C=O) groups excluding carboxylic acids is 2. The first kappa shape index (κ1) is 25.8. The van der Waals surface area contributed by atoms with Crippen LogP contribution in [0.3, 0.4) is 0 Å². The van der Waals surface area contributed by atoms with Gasteiger partial charge in [-0.05, 0) is 44.4 Å². The van der Waals surface area contributed by atoms with Gasteiger partial charge in [-0.25, -0.2) is 8.78 Å². The van der Waals surface area contributed by atoms with Crippen LogP contribution in [0.5, 0.6) is 0 Å². The molecular weight excluding hydrogens is 494 g/mol. The van der Waals surface area contributed by atoms with E-state index in [2.05, 4.69) is 15.6 Å². The number of hydrogen-bond donors (Lipinski definition) is 2. The van der Waals surface area contributed by atoms with Gasteiger partial charge in [-0.2, -0.15) is 0 Å². The van der Waals surface area contributed by atoms with E-state index in [1.54, 1.807) is 6.20 Å². The average Bonchev–Trinajstić information content (AvgIpc) is 3.47. The summed E-state index contributed by atoms with van der Waals surface area (Å²) in [7, 11) is 0. The van der Waals surface area contributed by atoms with Gasteiger partial charge in [-0.15, -0.1) is 11.3 Å². The Morgan fingerprint density at radius 2 is 2.06 bits per heavy atom. The van der Waals surface area contributed by atoms with Crippen LogP contribution in [0.1, 0.15) is 68.5 Å². The Labute approximate surface area is 213 Å². The van der Waals surface area contributed by atoms with E-state index in [1.807, 2.05) is 32.0 Å².